The molecule has 0 spiro atoms. The highest BCUT2D eigenvalue weighted by Crippen LogP contribution is 2.21. The number of nitrogens with one attached hydrogen (secondary N) is 1. The summed E-state index contributed by atoms with van der Waals surface area (Å²) in [7, 11) is -3.45. The Balaban J connectivity index is 1.64. The summed E-state index contributed by atoms with van der Waals surface area (Å²) in [5.41, 5.74) is 0.461. The molecule has 1 aromatic carbocycles. The van der Waals surface area contributed by atoms with Crippen LogP contribution in [-0.4, -0.2) is 53.8 Å². The summed E-state index contributed by atoms with van der Waals surface area (Å²) in [5.74, 6) is -0.133. The van der Waals surface area contributed by atoms with Crippen LogP contribution < -0.4 is 5.32 Å². The van der Waals surface area contributed by atoms with Gasteiger partial charge in [0.2, 0.25) is 20.3 Å². The molecule has 0 saturated carbocycles. The van der Waals surface area contributed by atoms with Crippen LogP contribution in [-0.2, 0) is 10.0 Å². The van der Waals surface area contributed by atoms with Crippen molar-refractivity contribution in [2.75, 3.05) is 31.2 Å². The van der Waals surface area contributed by atoms with Crippen molar-refractivity contribution in [2.45, 2.75) is 22.9 Å². The van der Waals surface area contributed by atoms with E-state index in [2.05, 4.69) is 14.7 Å². The average Bonchev–Trinajstić information content (AvgIpc) is 3.31. The second-order valence-corrected chi connectivity index (χ2v) is 8.96. The van der Waals surface area contributed by atoms with Crippen LogP contribution in [0.4, 0.5) is 5.13 Å². The van der Waals surface area contributed by atoms with Gasteiger partial charge in [-0.2, -0.15) is 13.7 Å². The lowest BCUT2D eigenvalue weighted by molar-refractivity contribution is 0.101. The van der Waals surface area contributed by atoms with E-state index in [1.165, 1.54) is 39.7 Å². The fourth-order valence-electron chi connectivity index (χ4n) is 2.51. The van der Waals surface area contributed by atoms with Gasteiger partial charge in [-0.05, 0) is 43.4 Å². The van der Waals surface area contributed by atoms with Gasteiger partial charge in [0.1, 0.15) is 0 Å². The molecule has 1 aromatic heterocycles. The molecule has 25 heavy (non-hydrogen) atoms. The minimum absolute atomic E-state index is 0.0846. The summed E-state index contributed by atoms with van der Waals surface area (Å²) in [4.78, 5) is 16.7. The van der Waals surface area contributed by atoms with E-state index in [4.69, 9.17) is 0 Å². The topological polar surface area (TPSA) is 92.3 Å². The molecule has 0 radical (unpaired) electrons. The number of aromatic nitrogens is 2. The first-order valence-corrected chi connectivity index (χ1v) is 11.2. The van der Waals surface area contributed by atoms with E-state index in [1.807, 2.05) is 6.26 Å². The fourth-order valence-corrected chi connectivity index (χ4v) is 5.15. The maximum Gasteiger partial charge on any atom is 0.243 e. The van der Waals surface area contributed by atoms with Gasteiger partial charge in [-0.15, -0.1) is 0 Å². The highest BCUT2D eigenvalue weighted by atomic mass is 32.2. The molecule has 134 valence electrons. The average molecular weight is 399 g/mol. The molecule has 0 atom stereocenters. The number of carbonyl (C=O) groups is 1. The third-order valence-electron chi connectivity index (χ3n) is 3.87. The number of sulfonamides is 1. The van der Waals surface area contributed by atoms with E-state index >= 15 is 0 Å². The lowest BCUT2D eigenvalue weighted by atomic mass is 10.1. The van der Waals surface area contributed by atoms with Crippen molar-refractivity contribution in [1.29, 1.82) is 0 Å². The van der Waals surface area contributed by atoms with Crippen molar-refractivity contribution in [3.63, 3.8) is 0 Å². The van der Waals surface area contributed by atoms with Crippen LogP contribution in [0.5, 0.6) is 0 Å². The summed E-state index contributed by atoms with van der Waals surface area (Å²) in [6, 6.07) is 6.11. The monoisotopic (exact) mass is 398 g/mol. The van der Waals surface area contributed by atoms with Crippen LogP contribution in [0.1, 0.15) is 23.2 Å². The molecule has 1 saturated heterocycles. The summed E-state index contributed by atoms with van der Waals surface area (Å²) in [6.45, 7) is 1.21. The first-order chi connectivity index (χ1) is 12.0. The second-order valence-electron chi connectivity index (χ2n) is 5.50. The standard InChI is InChI=1S/C15H18N4O3S3/c1-23-15-17-14(24-18-15)16-10-13(20)11-4-6-12(7-5-11)25(21,22)19-8-2-3-9-19/h4-7H,2-3,8-10H2,1H3,(H,16,17,18). The van der Waals surface area contributed by atoms with Gasteiger partial charge in [0, 0.05) is 30.2 Å². The van der Waals surface area contributed by atoms with E-state index in [1.54, 1.807) is 12.1 Å². The molecular weight excluding hydrogens is 380 g/mol. The molecule has 3 rings (SSSR count). The number of anilines is 1. The number of Topliss-reactive ketones (excluding diaryl/α,β-unsaturated/α-hetero) is 1. The van der Waals surface area contributed by atoms with Crippen molar-refractivity contribution in [1.82, 2.24) is 13.7 Å². The third-order valence-corrected chi connectivity index (χ3v) is 7.12. The number of carbonyl (C=O) groups excluding carboxylic acids is 1. The Bertz CT molecular complexity index is 843. The predicted molar refractivity (Wildman–Crippen MR) is 98.9 cm³/mol. The van der Waals surface area contributed by atoms with Crippen LogP contribution in [0, 0.1) is 0 Å². The predicted octanol–water partition coefficient (Wildman–Crippen LogP) is 2.34. The summed E-state index contributed by atoms with van der Waals surface area (Å²) >= 11 is 2.64. The number of nitrogens with zero attached hydrogens (tertiary/aromatic N) is 3. The Labute approximate surface area is 155 Å². The van der Waals surface area contributed by atoms with E-state index in [0.29, 0.717) is 28.9 Å². The highest BCUT2D eigenvalue weighted by molar-refractivity contribution is 7.98. The quantitative estimate of drug-likeness (QED) is 0.565. The van der Waals surface area contributed by atoms with Gasteiger partial charge in [0.05, 0.1) is 11.4 Å². The molecule has 7 nitrogen and oxygen atoms in total. The van der Waals surface area contributed by atoms with Crippen molar-refractivity contribution in [3.8, 4) is 0 Å². The lowest BCUT2D eigenvalue weighted by Gasteiger charge is -2.15. The van der Waals surface area contributed by atoms with E-state index < -0.39 is 10.0 Å². The Morgan fingerprint density at radius 2 is 1.96 bits per heavy atom. The molecule has 0 bridgehead atoms. The van der Waals surface area contributed by atoms with E-state index in [0.717, 1.165) is 12.8 Å². The largest absolute Gasteiger partial charge is 0.353 e. The zero-order valence-electron chi connectivity index (χ0n) is 13.6. The lowest BCUT2D eigenvalue weighted by Crippen LogP contribution is -2.27. The van der Waals surface area contributed by atoms with Crippen molar-refractivity contribution in [2.24, 2.45) is 0 Å². The normalized spacial score (nSPS) is 15.4. The molecule has 1 fully saturated rings. The Morgan fingerprint density at radius 1 is 1.28 bits per heavy atom. The van der Waals surface area contributed by atoms with Crippen molar-refractivity contribution < 1.29 is 13.2 Å². The van der Waals surface area contributed by atoms with Crippen molar-refractivity contribution >= 4 is 44.2 Å². The van der Waals surface area contributed by atoms with E-state index in [-0.39, 0.29) is 17.2 Å². The van der Waals surface area contributed by atoms with Gasteiger partial charge in [-0.3, -0.25) is 4.79 Å². The van der Waals surface area contributed by atoms with Gasteiger partial charge in [-0.1, -0.05) is 11.8 Å². The van der Waals surface area contributed by atoms with Crippen molar-refractivity contribution in [3.05, 3.63) is 29.8 Å². The van der Waals surface area contributed by atoms with Gasteiger partial charge in [-0.25, -0.2) is 8.42 Å². The molecule has 10 heteroatoms. The molecule has 0 unspecified atom stereocenters. The summed E-state index contributed by atoms with van der Waals surface area (Å²) in [5, 5.41) is 4.19. The second kappa shape index (κ2) is 7.81. The van der Waals surface area contributed by atoms with Crippen LogP contribution in [0.3, 0.4) is 0 Å². The SMILES string of the molecule is CSc1nsc(NCC(=O)c2ccc(S(=O)(=O)N3CCCC3)cc2)n1. The zero-order chi connectivity index (χ0) is 17.9. The minimum Gasteiger partial charge on any atom is -0.353 e. The Kier molecular flexibility index (Phi) is 5.72. The van der Waals surface area contributed by atoms with Gasteiger partial charge in [0.25, 0.3) is 0 Å². The van der Waals surface area contributed by atoms with Gasteiger partial charge >= 0.3 is 0 Å². The molecule has 1 aliphatic rings. The minimum atomic E-state index is -3.45. The molecular formula is C15H18N4O3S3. The number of hydrogen-bond donors (Lipinski definition) is 1. The molecule has 1 N–H and O–H groups in total. The first kappa shape index (κ1) is 18.3. The summed E-state index contributed by atoms with van der Waals surface area (Å²) < 4.78 is 30.5. The number of benzene rings is 1. The molecule has 0 amide bonds. The highest BCUT2D eigenvalue weighted by Gasteiger charge is 2.27. The van der Waals surface area contributed by atoms with Crippen LogP contribution in [0.15, 0.2) is 34.3 Å². The number of thioether (sulfide) groups is 1. The summed E-state index contributed by atoms with van der Waals surface area (Å²) in [6.07, 6.45) is 3.67. The Morgan fingerprint density at radius 3 is 2.56 bits per heavy atom. The zero-order valence-corrected chi connectivity index (χ0v) is 16.1. The number of ketones is 1. The van der Waals surface area contributed by atoms with E-state index in [9.17, 15) is 13.2 Å². The fraction of sp³-hybridized carbons (Fsp3) is 0.400. The molecule has 0 aliphatic carbocycles. The maximum absolute atomic E-state index is 12.5. The van der Waals surface area contributed by atoms with Crippen LogP contribution in [0.2, 0.25) is 0 Å². The van der Waals surface area contributed by atoms with Gasteiger partial charge < -0.3 is 5.32 Å². The molecule has 2 heterocycles. The number of hydrogen-bond acceptors (Lipinski definition) is 8. The maximum atomic E-state index is 12.5. The smallest absolute Gasteiger partial charge is 0.243 e. The van der Waals surface area contributed by atoms with Crippen LogP contribution in [0.25, 0.3) is 0 Å². The third kappa shape index (κ3) is 4.20. The number of rotatable bonds is 7. The van der Waals surface area contributed by atoms with Crippen LogP contribution >= 0.6 is 23.3 Å². The molecule has 1 aliphatic heterocycles. The first-order valence-electron chi connectivity index (χ1n) is 7.75. The van der Waals surface area contributed by atoms with Gasteiger partial charge in [0.15, 0.2) is 5.78 Å². The Hall–Kier alpha value is -1.49. The molecule has 2 aromatic rings.